The first kappa shape index (κ1) is 15.2. The van der Waals surface area contributed by atoms with E-state index in [1.807, 2.05) is 0 Å². The van der Waals surface area contributed by atoms with Crippen LogP contribution < -0.4 is 0 Å². The molecule has 2 saturated heterocycles. The second-order valence-electron chi connectivity index (χ2n) is 5.97. The Kier molecular flexibility index (Phi) is 6.57. The predicted octanol–water partition coefficient (Wildman–Crippen LogP) is 1.33. The second kappa shape index (κ2) is 8.20. The smallest absolute Gasteiger partial charge is 0.0793 e. The van der Waals surface area contributed by atoms with Crippen LogP contribution in [0.1, 0.15) is 39.0 Å². The van der Waals surface area contributed by atoms with Gasteiger partial charge in [-0.25, -0.2) is 0 Å². The molecule has 0 radical (unpaired) electrons. The zero-order valence-electron chi connectivity index (χ0n) is 12.4. The van der Waals surface area contributed by atoms with Gasteiger partial charge in [0, 0.05) is 32.2 Å². The fourth-order valence-electron chi connectivity index (χ4n) is 3.35. The van der Waals surface area contributed by atoms with Crippen LogP contribution in [0.25, 0.3) is 0 Å². The third kappa shape index (κ3) is 5.03. The number of aliphatic hydroxyl groups is 1. The number of β-amino-alcohol motifs (C(OH)–C–C–N with tert-alkyl or cyclic N) is 1. The molecule has 0 aromatic carbocycles. The van der Waals surface area contributed by atoms with Crippen LogP contribution in [0.2, 0.25) is 0 Å². The minimum atomic E-state index is -0.217. The number of hydrogen-bond donors (Lipinski definition) is 1. The Balaban J connectivity index is 1.76. The molecule has 0 aromatic heterocycles. The van der Waals surface area contributed by atoms with Gasteiger partial charge in [0.2, 0.25) is 0 Å². The molecule has 2 atom stereocenters. The molecule has 0 aromatic rings. The van der Waals surface area contributed by atoms with Crippen molar-refractivity contribution in [2.45, 2.75) is 51.2 Å². The summed E-state index contributed by atoms with van der Waals surface area (Å²) in [4.78, 5) is 4.85. The second-order valence-corrected chi connectivity index (χ2v) is 5.97. The van der Waals surface area contributed by atoms with Crippen molar-refractivity contribution in [1.82, 2.24) is 9.80 Å². The van der Waals surface area contributed by atoms with Crippen LogP contribution in [0.15, 0.2) is 0 Å². The Morgan fingerprint density at radius 1 is 1.11 bits per heavy atom. The summed E-state index contributed by atoms with van der Waals surface area (Å²) in [6, 6.07) is 0.682. The van der Waals surface area contributed by atoms with Crippen molar-refractivity contribution in [2.75, 3.05) is 45.9 Å². The number of rotatable bonds is 5. The van der Waals surface area contributed by atoms with Crippen LogP contribution in [-0.4, -0.2) is 73.0 Å². The highest BCUT2D eigenvalue weighted by atomic mass is 16.5. The molecule has 2 aliphatic heterocycles. The van der Waals surface area contributed by atoms with Crippen molar-refractivity contribution in [1.29, 1.82) is 0 Å². The van der Waals surface area contributed by atoms with Crippen LogP contribution in [0, 0.1) is 0 Å². The SMILES string of the molecule is CCC1CCCCCN1CC(O)CN1CCOCC1. The number of nitrogens with zero attached hydrogens (tertiary/aromatic N) is 2. The molecule has 2 aliphatic rings. The van der Waals surface area contributed by atoms with Gasteiger partial charge in [0.1, 0.15) is 0 Å². The van der Waals surface area contributed by atoms with Gasteiger partial charge in [-0.05, 0) is 25.8 Å². The quantitative estimate of drug-likeness (QED) is 0.818. The van der Waals surface area contributed by atoms with Gasteiger partial charge in [0.05, 0.1) is 19.3 Å². The summed E-state index contributed by atoms with van der Waals surface area (Å²) < 4.78 is 5.35. The van der Waals surface area contributed by atoms with E-state index in [0.717, 1.165) is 39.4 Å². The molecule has 2 rings (SSSR count). The molecule has 2 fully saturated rings. The van der Waals surface area contributed by atoms with E-state index in [1.54, 1.807) is 0 Å². The van der Waals surface area contributed by atoms with E-state index in [9.17, 15) is 5.11 Å². The lowest BCUT2D eigenvalue weighted by Gasteiger charge is -2.34. The largest absolute Gasteiger partial charge is 0.390 e. The highest BCUT2D eigenvalue weighted by Crippen LogP contribution is 2.19. The summed E-state index contributed by atoms with van der Waals surface area (Å²) in [7, 11) is 0. The maximum Gasteiger partial charge on any atom is 0.0793 e. The lowest BCUT2D eigenvalue weighted by Crippen LogP contribution is -2.46. The molecule has 0 amide bonds. The predicted molar refractivity (Wildman–Crippen MR) is 77.4 cm³/mol. The van der Waals surface area contributed by atoms with E-state index in [1.165, 1.54) is 38.6 Å². The molecule has 0 bridgehead atoms. The average Bonchev–Trinajstić information content (AvgIpc) is 2.64. The topological polar surface area (TPSA) is 35.9 Å². The lowest BCUT2D eigenvalue weighted by atomic mass is 10.1. The molecule has 0 saturated carbocycles. The highest BCUT2D eigenvalue weighted by Gasteiger charge is 2.23. The van der Waals surface area contributed by atoms with Gasteiger partial charge in [-0.3, -0.25) is 9.80 Å². The minimum Gasteiger partial charge on any atom is -0.390 e. The van der Waals surface area contributed by atoms with Gasteiger partial charge in [-0.15, -0.1) is 0 Å². The molecule has 0 spiro atoms. The van der Waals surface area contributed by atoms with Crippen molar-refractivity contribution in [2.24, 2.45) is 0 Å². The molecule has 2 heterocycles. The fraction of sp³-hybridized carbons (Fsp3) is 1.00. The maximum absolute atomic E-state index is 10.3. The molecule has 112 valence electrons. The molecular weight excluding hydrogens is 240 g/mol. The van der Waals surface area contributed by atoms with Crippen molar-refractivity contribution in [3.8, 4) is 0 Å². The van der Waals surface area contributed by atoms with Gasteiger partial charge in [-0.1, -0.05) is 19.8 Å². The van der Waals surface area contributed by atoms with Gasteiger partial charge in [0.15, 0.2) is 0 Å². The average molecular weight is 270 g/mol. The van der Waals surface area contributed by atoms with Crippen molar-refractivity contribution in [3.63, 3.8) is 0 Å². The van der Waals surface area contributed by atoms with Crippen molar-refractivity contribution < 1.29 is 9.84 Å². The summed E-state index contributed by atoms with van der Waals surface area (Å²) >= 11 is 0. The Bertz CT molecular complexity index is 244. The summed E-state index contributed by atoms with van der Waals surface area (Å²) in [5.74, 6) is 0. The van der Waals surface area contributed by atoms with E-state index in [2.05, 4.69) is 16.7 Å². The minimum absolute atomic E-state index is 0.217. The number of aliphatic hydroxyl groups excluding tert-OH is 1. The fourth-order valence-corrected chi connectivity index (χ4v) is 3.35. The zero-order chi connectivity index (χ0) is 13.5. The van der Waals surface area contributed by atoms with Crippen LogP contribution in [-0.2, 0) is 4.74 Å². The van der Waals surface area contributed by atoms with Gasteiger partial charge in [0.25, 0.3) is 0 Å². The lowest BCUT2D eigenvalue weighted by molar-refractivity contribution is 0.00305. The van der Waals surface area contributed by atoms with E-state index in [0.29, 0.717) is 6.04 Å². The van der Waals surface area contributed by atoms with Crippen LogP contribution >= 0.6 is 0 Å². The summed E-state index contributed by atoms with van der Waals surface area (Å²) in [6.45, 7) is 8.65. The van der Waals surface area contributed by atoms with Crippen LogP contribution in [0.4, 0.5) is 0 Å². The monoisotopic (exact) mass is 270 g/mol. The number of morpholine rings is 1. The highest BCUT2D eigenvalue weighted by molar-refractivity contribution is 4.78. The van der Waals surface area contributed by atoms with E-state index >= 15 is 0 Å². The summed E-state index contributed by atoms with van der Waals surface area (Å²) in [5.41, 5.74) is 0. The summed E-state index contributed by atoms with van der Waals surface area (Å²) in [6.07, 6.45) is 6.30. The molecule has 1 N–H and O–H groups in total. The van der Waals surface area contributed by atoms with Gasteiger partial charge >= 0.3 is 0 Å². The molecule has 0 aliphatic carbocycles. The van der Waals surface area contributed by atoms with Crippen molar-refractivity contribution in [3.05, 3.63) is 0 Å². The number of likely N-dealkylation sites (tertiary alicyclic amines) is 1. The maximum atomic E-state index is 10.3. The van der Waals surface area contributed by atoms with E-state index in [4.69, 9.17) is 4.74 Å². The van der Waals surface area contributed by atoms with Gasteiger partial charge < -0.3 is 9.84 Å². The Morgan fingerprint density at radius 2 is 1.89 bits per heavy atom. The Labute approximate surface area is 117 Å². The first-order valence-corrected chi connectivity index (χ1v) is 8.01. The van der Waals surface area contributed by atoms with Crippen LogP contribution in [0.3, 0.4) is 0 Å². The first-order valence-electron chi connectivity index (χ1n) is 8.01. The Hall–Kier alpha value is -0.160. The third-order valence-electron chi connectivity index (χ3n) is 4.49. The van der Waals surface area contributed by atoms with Crippen molar-refractivity contribution >= 4 is 0 Å². The van der Waals surface area contributed by atoms with Crippen LogP contribution in [0.5, 0.6) is 0 Å². The molecule has 19 heavy (non-hydrogen) atoms. The summed E-state index contributed by atoms with van der Waals surface area (Å²) in [5, 5.41) is 10.3. The number of ether oxygens (including phenoxy) is 1. The Morgan fingerprint density at radius 3 is 2.63 bits per heavy atom. The standard InChI is InChI=1S/C15H30N2O2/c1-2-14-6-4-3-5-7-17(14)13-15(18)12-16-8-10-19-11-9-16/h14-15,18H,2-13H2,1H3. The molecule has 2 unspecified atom stereocenters. The zero-order valence-corrected chi connectivity index (χ0v) is 12.4. The third-order valence-corrected chi connectivity index (χ3v) is 4.49. The van der Waals surface area contributed by atoms with E-state index in [-0.39, 0.29) is 6.10 Å². The normalized spacial score (nSPS) is 29.1. The first-order chi connectivity index (χ1) is 9.29. The van der Waals surface area contributed by atoms with E-state index < -0.39 is 0 Å². The number of hydrogen-bond acceptors (Lipinski definition) is 4. The molecule has 4 nitrogen and oxygen atoms in total. The molecule has 4 heteroatoms. The molecular formula is C15H30N2O2. The van der Waals surface area contributed by atoms with Gasteiger partial charge in [-0.2, -0.15) is 0 Å².